The monoisotopic (exact) mass is 368 g/mol. The Kier molecular flexibility index (Phi) is 4.07. The second-order valence-corrected chi connectivity index (χ2v) is 9.45. The van der Waals surface area contributed by atoms with Crippen molar-refractivity contribution < 1.29 is 23.4 Å². The highest BCUT2D eigenvalue weighted by Gasteiger charge is 2.66. The van der Waals surface area contributed by atoms with Crippen LogP contribution in [0.5, 0.6) is 0 Å². The molecule has 0 aromatic rings. The molecule has 0 bridgehead atoms. The summed E-state index contributed by atoms with van der Waals surface area (Å²) in [6.45, 7) is 1.79. The molecule has 5 heteroatoms. The van der Waals surface area contributed by atoms with Crippen molar-refractivity contribution in [3.05, 3.63) is 11.9 Å². The van der Waals surface area contributed by atoms with E-state index in [4.69, 9.17) is 6.42 Å². The standard InChI is InChI=1S/C21H27F3O2/c1-3-20(25)10-12-4-5-14-13(15(12)11-20)6-8-19(2)16(14)7-9-21(19,26)17(22)18(23)24/h1,12-16,25-26H,4-11H2,2H3/t12-,13-,14+,15-,16-,19-,20+,21-/m0/s1. The van der Waals surface area contributed by atoms with Crippen molar-refractivity contribution in [3.63, 3.8) is 0 Å². The van der Waals surface area contributed by atoms with Gasteiger partial charge in [0, 0.05) is 5.41 Å². The number of halogens is 3. The average Bonchev–Trinajstić information content (AvgIpc) is 3.09. The molecule has 0 amide bonds. The Balaban J connectivity index is 1.63. The third kappa shape index (κ3) is 2.27. The van der Waals surface area contributed by atoms with Gasteiger partial charge < -0.3 is 10.2 Å². The Hall–Kier alpha value is -0.990. The molecule has 0 aromatic heterocycles. The van der Waals surface area contributed by atoms with Crippen LogP contribution in [-0.2, 0) is 0 Å². The Morgan fingerprint density at radius 2 is 1.69 bits per heavy atom. The number of rotatable bonds is 1. The van der Waals surface area contributed by atoms with Crippen molar-refractivity contribution >= 4 is 0 Å². The van der Waals surface area contributed by atoms with Crippen LogP contribution in [0.1, 0.15) is 58.3 Å². The number of hydrogen-bond donors (Lipinski definition) is 2. The Labute approximate surface area is 152 Å². The zero-order valence-electron chi connectivity index (χ0n) is 15.1. The van der Waals surface area contributed by atoms with Crippen LogP contribution in [0.15, 0.2) is 11.9 Å². The van der Waals surface area contributed by atoms with Crippen LogP contribution in [0, 0.1) is 47.3 Å². The predicted octanol–water partition coefficient (Wildman–Crippen LogP) is 4.42. The first-order chi connectivity index (χ1) is 12.2. The van der Waals surface area contributed by atoms with E-state index in [-0.39, 0.29) is 12.3 Å². The number of fused-ring (bicyclic) bond motifs is 5. The van der Waals surface area contributed by atoms with E-state index in [0.717, 1.165) is 19.3 Å². The van der Waals surface area contributed by atoms with Gasteiger partial charge in [-0.05, 0) is 81.0 Å². The molecule has 4 rings (SSSR count). The zero-order chi connectivity index (χ0) is 18.9. The van der Waals surface area contributed by atoms with E-state index >= 15 is 0 Å². The van der Waals surface area contributed by atoms with E-state index in [0.29, 0.717) is 49.4 Å². The Morgan fingerprint density at radius 1 is 0.962 bits per heavy atom. The van der Waals surface area contributed by atoms with Crippen LogP contribution in [0.4, 0.5) is 13.2 Å². The fraction of sp³-hybridized carbons (Fsp3) is 0.810. The lowest BCUT2D eigenvalue weighted by atomic mass is 9.51. The van der Waals surface area contributed by atoms with Crippen LogP contribution in [0.25, 0.3) is 0 Å². The van der Waals surface area contributed by atoms with E-state index in [9.17, 15) is 23.4 Å². The summed E-state index contributed by atoms with van der Waals surface area (Å²) in [4.78, 5) is 0. The van der Waals surface area contributed by atoms with Gasteiger partial charge in [-0.2, -0.15) is 8.78 Å². The molecule has 0 unspecified atom stereocenters. The first-order valence-electron chi connectivity index (χ1n) is 9.79. The molecule has 0 aliphatic heterocycles. The van der Waals surface area contributed by atoms with Gasteiger partial charge in [-0.3, -0.25) is 0 Å². The van der Waals surface area contributed by atoms with Crippen molar-refractivity contribution in [2.45, 2.75) is 69.5 Å². The van der Waals surface area contributed by atoms with E-state index in [2.05, 4.69) is 5.92 Å². The van der Waals surface area contributed by atoms with Crippen LogP contribution >= 0.6 is 0 Å². The van der Waals surface area contributed by atoms with Crippen LogP contribution in [0.3, 0.4) is 0 Å². The summed E-state index contributed by atoms with van der Waals surface area (Å²) in [5.74, 6) is 2.42. The number of hydrogen-bond acceptors (Lipinski definition) is 2. The number of terminal acetylenes is 1. The lowest BCUT2D eigenvalue weighted by Gasteiger charge is -2.55. The molecule has 4 aliphatic rings. The SMILES string of the molecule is C#C[C@@]1(O)C[C@@H]2CC[C@@H]3[C@H](CC[C@@]4(C)[C@H]3CC[C@]4(O)C(F)=C(F)F)[C@H]2C1. The molecule has 26 heavy (non-hydrogen) atoms. The first kappa shape index (κ1) is 18.4. The quantitative estimate of drug-likeness (QED) is 0.673. The molecule has 2 N–H and O–H groups in total. The molecule has 0 heterocycles. The van der Waals surface area contributed by atoms with Crippen molar-refractivity contribution in [3.8, 4) is 12.3 Å². The van der Waals surface area contributed by atoms with E-state index in [1.54, 1.807) is 6.92 Å². The summed E-state index contributed by atoms with van der Waals surface area (Å²) < 4.78 is 40.2. The van der Waals surface area contributed by atoms with Crippen LogP contribution in [-0.4, -0.2) is 21.4 Å². The maximum absolute atomic E-state index is 14.2. The van der Waals surface area contributed by atoms with Crippen molar-refractivity contribution in [1.82, 2.24) is 0 Å². The van der Waals surface area contributed by atoms with Gasteiger partial charge in [0.15, 0.2) is 5.83 Å². The third-order valence-electron chi connectivity index (χ3n) is 8.64. The van der Waals surface area contributed by atoms with Gasteiger partial charge >= 0.3 is 6.08 Å². The van der Waals surface area contributed by atoms with Gasteiger partial charge in [-0.1, -0.05) is 12.8 Å². The molecule has 4 saturated carbocycles. The second kappa shape index (κ2) is 5.75. The molecule has 8 atom stereocenters. The summed E-state index contributed by atoms with van der Waals surface area (Å²) in [5.41, 5.74) is -3.92. The second-order valence-electron chi connectivity index (χ2n) is 9.45. The minimum atomic E-state index is -2.39. The maximum Gasteiger partial charge on any atom is 0.304 e. The summed E-state index contributed by atoms with van der Waals surface area (Å²) in [6, 6.07) is 0. The molecular formula is C21H27F3O2. The van der Waals surface area contributed by atoms with Crippen LogP contribution in [0.2, 0.25) is 0 Å². The first-order valence-corrected chi connectivity index (χ1v) is 9.79. The van der Waals surface area contributed by atoms with Gasteiger partial charge in [-0.15, -0.1) is 6.42 Å². The van der Waals surface area contributed by atoms with Crippen molar-refractivity contribution in [2.75, 3.05) is 0 Å². The topological polar surface area (TPSA) is 40.5 Å². The molecule has 0 aromatic carbocycles. The summed E-state index contributed by atoms with van der Waals surface area (Å²) >= 11 is 0. The molecular weight excluding hydrogens is 341 g/mol. The van der Waals surface area contributed by atoms with Gasteiger partial charge in [0.25, 0.3) is 0 Å². The van der Waals surface area contributed by atoms with E-state index in [1.165, 1.54) is 0 Å². The summed E-state index contributed by atoms with van der Waals surface area (Å²) in [7, 11) is 0. The molecule has 0 saturated heterocycles. The fourth-order valence-electron chi connectivity index (χ4n) is 7.36. The lowest BCUT2D eigenvalue weighted by Crippen LogP contribution is -2.53. The average molecular weight is 368 g/mol. The smallest absolute Gasteiger partial charge is 0.304 e. The maximum atomic E-state index is 14.2. The Bertz CT molecular complexity index is 681. The van der Waals surface area contributed by atoms with E-state index < -0.39 is 28.5 Å². The molecule has 4 aliphatic carbocycles. The van der Waals surface area contributed by atoms with Crippen molar-refractivity contribution in [2.24, 2.45) is 35.0 Å². The van der Waals surface area contributed by atoms with Gasteiger partial charge in [0.1, 0.15) is 11.2 Å². The predicted molar refractivity (Wildman–Crippen MR) is 91.6 cm³/mol. The Morgan fingerprint density at radius 3 is 2.35 bits per heavy atom. The fourth-order valence-corrected chi connectivity index (χ4v) is 7.36. The molecule has 0 radical (unpaired) electrons. The van der Waals surface area contributed by atoms with Crippen LogP contribution < -0.4 is 0 Å². The molecule has 2 nitrogen and oxygen atoms in total. The van der Waals surface area contributed by atoms with Gasteiger partial charge in [-0.25, -0.2) is 4.39 Å². The van der Waals surface area contributed by atoms with E-state index in [1.807, 2.05) is 0 Å². The molecule has 144 valence electrons. The van der Waals surface area contributed by atoms with Gasteiger partial charge in [0.05, 0.1) is 0 Å². The summed E-state index contributed by atoms with van der Waals surface area (Å²) in [5, 5.41) is 21.5. The van der Waals surface area contributed by atoms with Crippen molar-refractivity contribution in [1.29, 1.82) is 0 Å². The normalized spacial score (nSPS) is 52.6. The lowest BCUT2D eigenvalue weighted by molar-refractivity contribution is -0.116. The molecule has 4 fully saturated rings. The third-order valence-corrected chi connectivity index (χ3v) is 8.64. The minimum absolute atomic E-state index is 0.0387. The zero-order valence-corrected chi connectivity index (χ0v) is 15.1. The highest BCUT2D eigenvalue weighted by atomic mass is 19.3. The highest BCUT2D eigenvalue weighted by molar-refractivity contribution is 5.24. The highest BCUT2D eigenvalue weighted by Crippen LogP contribution is 2.67. The number of aliphatic hydroxyl groups is 2. The summed E-state index contributed by atoms with van der Waals surface area (Å²) in [6.07, 6.45) is 8.27. The largest absolute Gasteiger partial charge is 0.382 e. The molecule has 0 spiro atoms. The minimum Gasteiger partial charge on any atom is -0.382 e. The van der Waals surface area contributed by atoms with Gasteiger partial charge in [0.2, 0.25) is 0 Å².